The van der Waals surface area contributed by atoms with Crippen molar-refractivity contribution in [2.24, 2.45) is 0 Å². The Morgan fingerprint density at radius 1 is 0.462 bits per heavy atom. The van der Waals surface area contributed by atoms with Crippen molar-refractivity contribution in [2.75, 3.05) is 14.2 Å². The number of hydrogen-bond donors (Lipinski definition) is 0. The fraction of sp³-hybridized carbons (Fsp3) is 0.0500. The van der Waals surface area contributed by atoms with E-state index in [2.05, 4.69) is 0 Å². The van der Waals surface area contributed by atoms with Crippen molar-refractivity contribution in [1.82, 2.24) is 0 Å². The minimum absolute atomic E-state index is 0.0512. The number of carbonyl (C=O) groups excluding carboxylic acids is 2. The van der Waals surface area contributed by atoms with Crippen LogP contribution in [0.4, 0.5) is 0 Å². The molecule has 0 fully saturated rings. The number of esters is 2. The Hall–Kier alpha value is -6.60. The van der Waals surface area contributed by atoms with E-state index in [-0.39, 0.29) is 41.9 Å². The van der Waals surface area contributed by atoms with Crippen LogP contribution in [0.15, 0.2) is 140 Å². The molecular formula is C40H24N2O8S2. The molecule has 7 rings (SSSR count). The van der Waals surface area contributed by atoms with Crippen LogP contribution in [-0.2, 0) is 38.7 Å². The molecule has 0 aromatic heterocycles. The molecule has 254 valence electrons. The Labute approximate surface area is 299 Å². The van der Waals surface area contributed by atoms with E-state index in [0.717, 1.165) is 14.2 Å². The Bertz CT molecular complexity index is 2590. The van der Waals surface area contributed by atoms with Crippen LogP contribution < -0.4 is 0 Å². The molecule has 2 aliphatic rings. The first-order valence-electron chi connectivity index (χ1n) is 15.5. The SMILES string of the molecule is COC(=O)C(C#N)=C1c2cc(S(=O)(=O)c3ccccc3)ccc2-c2cc3c(cc21)/C(=C(\C#N)C(=O)OC)c1cc(S(=O)(=O)c2ccccc2)ccc1-3. The normalized spacial score (nSPS) is 14.5. The quantitative estimate of drug-likeness (QED) is 0.108. The zero-order chi connectivity index (χ0) is 36.9. The van der Waals surface area contributed by atoms with Gasteiger partial charge in [-0.3, -0.25) is 0 Å². The van der Waals surface area contributed by atoms with Crippen LogP contribution >= 0.6 is 0 Å². The first-order chi connectivity index (χ1) is 25.0. The molecule has 0 atom stereocenters. The van der Waals surface area contributed by atoms with Gasteiger partial charge in [-0.05, 0) is 105 Å². The number of ether oxygens (including phenoxy) is 2. The van der Waals surface area contributed by atoms with Crippen molar-refractivity contribution in [3.05, 3.63) is 143 Å². The molecule has 0 radical (unpaired) electrons. The van der Waals surface area contributed by atoms with Gasteiger partial charge in [0.05, 0.1) is 33.8 Å². The number of nitrogens with zero attached hydrogens (tertiary/aromatic N) is 2. The van der Waals surface area contributed by atoms with Crippen LogP contribution in [0, 0.1) is 22.7 Å². The molecule has 0 saturated carbocycles. The van der Waals surface area contributed by atoms with Gasteiger partial charge in [-0.1, -0.05) is 48.5 Å². The highest BCUT2D eigenvalue weighted by Gasteiger charge is 2.37. The van der Waals surface area contributed by atoms with Gasteiger partial charge in [0.2, 0.25) is 19.7 Å². The number of fused-ring (bicyclic) bond motifs is 6. The molecule has 0 unspecified atom stereocenters. The van der Waals surface area contributed by atoms with Crippen LogP contribution in [0.3, 0.4) is 0 Å². The molecule has 12 heteroatoms. The lowest BCUT2D eigenvalue weighted by atomic mass is 9.92. The van der Waals surface area contributed by atoms with Crippen molar-refractivity contribution in [1.29, 1.82) is 10.5 Å². The van der Waals surface area contributed by atoms with Gasteiger partial charge in [0.15, 0.2) is 0 Å². The van der Waals surface area contributed by atoms with E-state index in [4.69, 9.17) is 9.47 Å². The zero-order valence-corrected chi connectivity index (χ0v) is 29.0. The first-order valence-corrected chi connectivity index (χ1v) is 18.5. The molecule has 0 heterocycles. The topological polar surface area (TPSA) is 168 Å². The standard InChI is InChI=1S/C40H24N2O8S2/c1-49-39(43)35(21-41)37-31-17-25(51(45,46)23-9-5-3-6-10-23)13-15-27(31)29-19-30-28-16-14-26(52(47,48)24-11-7-4-8-12-24)18-32(28)38(34(30)20-33(29)37)36(22-42)40(44)50-2/h3-20H,1-2H3/b37-35+,38-36?. The van der Waals surface area contributed by atoms with Crippen molar-refractivity contribution in [2.45, 2.75) is 19.6 Å². The second-order valence-electron chi connectivity index (χ2n) is 11.7. The van der Waals surface area contributed by atoms with Gasteiger partial charge in [0, 0.05) is 11.1 Å². The van der Waals surface area contributed by atoms with Gasteiger partial charge in [-0.25, -0.2) is 26.4 Å². The second kappa shape index (κ2) is 12.6. The predicted octanol–water partition coefficient (Wildman–Crippen LogP) is 6.31. The highest BCUT2D eigenvalue weighted by Crippen LogP contribution is 2.54. The number of sulfone groups is 2. The molecule has 2 aliphatic carbocycles. The van der Waals surface area contributed by atoms with E-state index in [1.807, 2.05) is 12.1 Å². The maximum atomic E-state index is 13.7. The molecule has 5 aromatic carbocycles. The summed E-state index contributed by atoms with van der Waals surface area (Å²) >= 11 is 0. The third-order valence-corrected chi connectivity index (χ3v) is 12.6. The van der Waals surface area contributed by atoms with Gasteiger partial charge in [-0.15, -0.1) is 0 Å². The zero-order valence-electron chi connectivity index (χ0n) is 27.4. The summed E-state index contributed by atoms with van der Waals surface area (Å²) in [5.41, 5.74) is 2.65. The Kier molecular flexibility index (Phi) is 8.22. The van der Waals surface area contributed by atoms with Gasteiger partial charge < -0.3 is 9.47 Å². The number of hydrogen-bond acceptors (Lipinski definition) is 10. The average Bonchev–Trinajstić information content (AvgIpc) is 3.66. The minimum atomic E-state index is -4.02. The molecule has 10 nitrogen and oxygen atoms in total. The lowest BCUT2D eigenvalue weighted by Gasteiger charge is -2.11. The predicted molar refractivity (Wildman–Crippen MR) is 188 cm³/mol. The average molecular weight is 725 g/mol. The fourth-order valence-corrected chi connectivity index (χ4v) is 9.25. The van der Waals surface area contributed by atoms with Crippen LogP contribution in [-0.4, -0.2) is 43.0 Å². The molecule has 0 aliphatic heterocycles. The highest BCUT2D eigenvalue weighted by molar-refractivity contribution is 7.91. The molecule has 5 aromatic rings. The maximum absolute atomic E-state index is 13.7. The van der Waals surface area contributed by atoms with Crippen LogP contribution in [0.1, 0.15) is 22.3 Å². The van der Waals surface area contributed by atoms with Crippen LogP contribution in [0.25, 0.3) is 33.4 Å². The van der Waals surface area contributed by atoms with Crippen LogP contribution in [0.5, 0.6) is 0 Å². The number of nitriles is 2. The molecule has 0 saturated heterocycles. The first kappa shape index (κ1) is 33.9. The number of rotatable bonds is 6. The largest absolute Gasteiger partial charge is 0.465 e. The van der Waals surface area contributed by atoms with Crippen molar-refractivity contribution < 1.29 is 35.9 Å². The Morgan fingerprint density at radius 3 is 1.15 bits per heavy atom. The molecule has 0 spiro atoms. The number of methoxy groups -OCH3 is 2. The van der Waals surface area contributed by atoms with Gasteiger partial charge in [-0.2, -0.15) is 10.5 Å². The molecule has 52 heavy (non-hydrogen) atoms. The minimum Gasteiger partial charge on any atom is -0.465 e. The highest BCUT2D eigenvalue weighted by atomic mass is 32.2. The summed E-state index contributed by atoms with van der Waals surface area (Å²) in [6.45, 7) is 0. The van der Waals surface area contributed by atoms with Crippen molar-refractivity contribution >= 4 is 42.8 Å². The third-order valence-electron chi connectivity index (χ3n) is 9.03. The smallest absolute Gasteiger partial charge is 0.349 e. The monoisotopic (exact) mass is 724 g/mol. The lowest BCUT2D eigenvalue weighted by Crippen LogP contribution is -2.07. The summed E-state index contributed by atoms with van der Waals surface area (Å²) in [6.07, 6.45) is 0. The van der Waals surface area contributed by atoms with E-state index in [9.17, 15) is 36.9 Å². The van der Waals surface area contributed by atoms with E-state index < -0.39 is 42.8 Å². The van der Waals surface area contributed by atoms with E-state index in [1.165, 1.54) is 48.5 Å². The van der Waals surface area contributed by atoms with Crippen LogP contribution in [0.2, 0.25) is 0 Å². The second-order valence-corrected chi connectivity index (χ2v) is 15.6. The number of carbonyl (C=O) groups is 2. The summed E-state index contributed by atoms with van der Waals surface area (Å²) in [6, 6.07) is 31.7. The Morgan fingerprint density at radius 2 is 0.808 bits per heavy atom. The summed E-state index contributed by atoms with van der Waals surface area (Å²) in [5, 5.41) is 20.5. The molecule has 0 bridgehead atoms. The summed E-state index contributed by atoms with van der Waals surface area (Å²) in [5.74, 6) is -1.93. The number of benzene rings is 5. The summed E-state index contributed by atoms with van der Waals surface area (Å²) in [7, 11) is -5.80. The maximum Gasteiger partial charge on any atom is 0.349 e. The molecule has 0 N–H and O–H groups in total. The van der Waals surface area contributed by atoms with Gasteiger partial charge in [0.1, 0.15) is 23.3 Å². The van der Waals surface area contributed by atoms with E-state index in [1.54, 1.807) is 60.7 Å². The summed E-state index contributed by atoms with van der Waals surface area (Å²) < 4.78 is 64.6. The van der Waals surface area contributed by atoms with Gasteiger partial charge in [0.25, 0.3) is 0 Å². The van der Waals surface area contributed by atoms with Gasteiger partial charge >= 0.3 is 11.9 Å². The Balaban J connectivity index is 1.53. The van der Waals surface area contributed by atoms with Crippen molar-refractivity contribution in [3.63, 3.8) is 0 Å². The third kappa shape index (κ3) is 5.12. The van der Waals surface area contributed by atoms with E-state index >= 15 is 0 Å². The molecular weight excluding hydrogens is 701 g/mol. The lowest BCUT2D eigenvalue weighted by molar-refractivity contribution is -0.136. The van der Waals surface area contributed by atoms with Crippen molar-refractivity contribution in [3.8, 4) is 34.4 Å². The summed E-state index contributed by atoms with van der Waals surface area (Å²) in [4.78, 5) is 26.1. The fourth-order valence-electron chi connectivity index (χ4n) is 6.64. The molecule has 0 amide bonds. The van der Waals surface area contributed by atoms with E-state index in [0.29, 0.717) is 33.4 Å².